The number of ether oxygens (including phenoxy) is 2. The van der Waals surface area contributed by atoms with Gasteiger partial charge in [-0.05, 0) is 37.2 Å². The number of nitrogens with zero attached hydrogens (tertiary/aromatic N) is 1. The van der Waals surface area contributed by atoms with Crippen molar-refractivity contribution in [2.24, 2.45) is 0 Å². The molecular weight excluding hydrogens is 230 g/mol. The maximum atomic E-state index is 10.2. The Kier molecular flexibility index (Phi) is 4.44. The third-order valence-electron chi connectivity index (χ3n) is 3.39. The molecule has 1 unspecified atom stereocenters. The Morgan fingerprint density at radius 3 is 2.67 bits per heavy atom. The first-order chi connectivity index (χ1) is 8.74. The maximum absolute atomic E-state index is 10.2. The molecule has 1 aromatic rings. The first-order valence-corrected chi connectivity index (χ1v) is 6.54. The second-order valence-electron chi connectivity index (χ2n) is 4.44. The smallest absolute Gasteiger partial charge is 0.231 e. The zero-order valence-corrected chi connectivity index (χ0v) is 11.1. The predicted molar refractivity (Wildman–Crippen MR) is 69.9 cm³/mol. The SMILES string of the molecule is CCN(CC)CCC(O)c1ccc2c(c1)OCO2. The van der Waals surface area contributed by atoms with Crippen molar-refractivity contribution in [2.45, 2.75) is 26.4 Å². The van der Waals surface area contributed by atoms with E-state index in [2.05, 4.69) is 18.7 Å². The maximum Gasteiger partial charge on any atom is 0.231 e. The van der Waals surface area contributed by atoms with E-state index in [4.69, 9.17) is 9.47 Å². The number of hydrogen-bond acceptors (Lipinski definition) is 4. The van der Waals surface area contributed by atoms with Crippen LogP contribution in [-0.2, 0) is 0 Å². The average Bonchev–Trinajstić information content (AvgIpc) is 2.86. The summed E-state index contributed by atoms with van der Waals surface area (Å²) < 4.78 is 10.6. The van der Waals surface area contributed by atoms with Crippen LogP contribution in [0.5, 0.6) is 11.5 Å². The van der Waals surface area contributed by atoms with Gasteiger partial charge in [0, 0.05) is 6.54 Å². The van der Waals surface area contributed by atoms with Gasteiger partial charge in [-0.3, -0.25) is 0 Å². The first-order valence-electron chi connectivity index (χ1n) is 6.54. The van der Waals surface area contributed by atoms with E-state index >= 15 is 0 Å². The lowest BCUT2D eigenvalue weighted by atomic mass is 10.1. The number of hydrogen-bond donors (Lipinski definition) is 1. The van der Waals surface area contributed by atoms with Gasteiger partial charge in [0.25, 0.3) is 0 Å². The van der Waals surface area contributed by atoms with Gasteiger partial charge in [0.2, 0.25) is 6.79 Å². The van der Waals surface area contributed by atoms with E-state index in [1.807, 2.05) is 18.2 Å². The summed E-state index contributed by atoms with van der Waals surface area (Å²) in [6, 6.07) is 5.63. The van der Waals surface area contributed by atoms with E-state index in [0.29, 0.717) is 0 Å². The lowest BCUT2D eigenvalue weighted by Crippen LogP contribution is -2.25. The van der Waals surface area contributed by atoms with Crippen LogP contribution in [0.4, 0.5) is 0 Å². The average molecular weight is 251 g/mol. The normalized spacial score (nSPS) is 15.1. The minimum atomic E-state index is -0.444. The summed E-state index contributed by atoms with van der Waals surface area (Å²) in [4.78, 5) is 2.30. The lowest BCUT2D eigenvalue weighted by Gasteiger charge is -2.20. The Morgan fingerprint density at radius 2 is 1.94 bits per heavy atom. The van der Waals surface area contributed by atoms with Crippen molar-refractivity contribution >= 4 is 0 Å². The molecule has 0 fully saturated rings. The molecule has 1 aromatic carbocycles. The number of aliphatic hydroxyl groups excluding tert-OH is 1. The highest BCUT2D eigenvalue weighted by atomic mass is 16.7. The van der Waals surface area contributed by atoms with Crippen LogP contribution in [0.2, 0.25) is 0 Å². The molecule has 0 spiro atoms. The molecule has 1 N–H and O–H groups in total. The van der Waals surface area contributed by atoms with Crippen molar-refractivity contribution in [3.8, 4) is 11.5 Å². The molecule has 0 amide bonds. The predicted octanol–water partition coefficient (Wildman–Crippen LogP) is 2.18. The molecule has 1 atom stereocenters. The highest BCUT2D eigenvalue weighted by Gasteiger charge is 2.16. The molecule has 18 heavy (non-hydrogen) atoms. The Bertz CT molecular complexity index is 391. The van der Waals surface area contributed by atoms with Crippen LogP contribution in [0.3, 0.4) is 0 Å². The molecular formula is C14H21NO3. The standard InChI is InChI=1S/C14H21NO3/c1-3-15(4-2)8-7-12(16)11-5-6-13-14(9-11)18-10-17-13/h5-6,9,12,16H,3-4,7-8,10H2,1-2H3. The molecule has 4 nitrogen and oxygen atoms in total. The zero-order valence-electron chi connectivity index (χ0n) is 11.1. The fraction of sp³-hybridized carbons (Fsp3) is 0.571. The molecule has 0 radical (unpaired) electrons. The van der Waals surface area contributed by atoms with E-state index in [1.165, 1.54) is 0 Å². The van der Waals surface area contributed by atoms with Gasteiger partial charge in [-0.25, -0.2) is 0 Å². The number of aliphatic hydroxyl groups is 1. The van der Waals surface area contributed by atoms with Crippen molar-refractivity contribution in [3.05, 3.63) is 23.8 Å². The highest BCUT2D eigenvalue weighted by molar-refractivity contribution is 5.45. The van der Waals surface area contributed by atoms with Gasteiger partial charge in [-0.1, -0.05) is 19.9 Å². The first kappa shape index (κ1) is 13.2. The second-order valence-corrected chi connectivity index (χ2v) is 4.44. The summed E-state index contributed by atoms with van der Waals surface area (Å²) >= 11 is 0. The summed E-state index contributed by atoms with van der Waals surface area (Å²) in [7, 11) is 0. The van der Waals surface area contributed by atoms with Crippen molar-refractivity contribution in [1.82, 2.24) is 4.90 Å². The van der Waals surface area contributed by atoms with Gasteiger partial charge < -0.3 is 19.5 Å². The Morgan fingerprint density at radius 1 is 1.22 bits per heavy atom. The quantitative estimate of drug-likeness (QED) is 0.841. The van der Waals surface area contributed by atoms with Gasteiger partial charge in [0.15, 0.2) is 11.5 Å². The number of rotatable bonds is 6. The summed E-state index contributed by atoms with van der Waals surface area (Å²) in [5.74, 6) is 1.49. The third-order valence-corrected chi connectivity index (χ3v) is 3.39. The van der Waals surface area contributed by atoms with Crippen LogP contribution in [0.1, 0.15) is 31.9 Å². The van der Waals surface area contributed by atoms with Gasteiger partial charge >= 0.3 is 0 Å². The summed E-state index contributed by atoms with van der Waals surface area (Å²) in [6.45, 7) is 7.48. The van der Waals surface area contributed by atoms with E-state index in [1.54, 1.807) is 0 Å². The Hall–Kier alpha value is -1.26. The lowest BCUT2D eigenvalue weighted by molar-refractivity contribution is 0.144. The fourth-order valence-electron chi connectivity index (χ4n) is 2.13. The van der Waals surface area contributed by atoms with Crippen LogP contribution < -0.4 is 9.47 Å². The molecule has 1 aliphatic rings. The summed E-state index contributed by atoms with van der Waals surface area (Å²) in [5.41, 5.74) is 0.895. The molecule has 2 rings (SSSR count). The Labute approximate surface area is 108 Å². The zero-order chi connectivity index (χ0) is 13.0. The van der Waals surface area contributed by atoms with E-state index in [-0.39, 0.29) is 6.79 Å². The van der Waals surface area contributed by atoms with Crippen LogP contribution >= 0.6 is 0 Å². The molecule has 1 aliphatic heterocycles. The van der Waals surface area contributed by atoms with Gasteiger partial charge in [0.05, 0.1) is 6.10 Å². The van der Waals surface area contributed by atoms with Gasteiger partial charge in [-0.2, -0.15) is 0 Å². The van der Waals surface area contributed by atoms with Crippen molar-refractivity contribution in [2.75, 3.05) is 26.4 Å². The van der Waals surface area contributed by atoms with Crippen molar-refractivity contribution in [1.29, 1.82) is 0 Å². The van der Waals surface area contributed by atoms with E-state index in [9.17, 15) is 5.11 Å². The molecule has 4 heteroatoms. The monoisotopic (exact) mass is 251 g/mol. The fourth-order valence-corrected chi connectivity index (χ4v) is 2.13. The number of benzene rings is 1. The molecule has 0 aromatic heterocycles. The molecule has 0 saturated heterocycles. The molecule has 100 valence electrons. The topological polar surface area (TPSA) is 41.9 Å². The highest BCUT2D eigenvalue weighted by Crippen LogP contribution is 2.34. The van der Waals surface area contributed by atoms with Crippen molar-refractivity contribution < 1.29 is 14.6 Å². The van der Waals surface area contributed by atoms with Crippen molar-refractivity contribution in [3.63, 3.8) is 0 Å². The molecule has 0 saturated carbocycles. The van der Waals surface area contributed by atoms with Crippen LogP contribution in [0.15, 0.2) is 18.2 Å². The minimum Gasteiger partial charge on any atom is -0.454 e. The minimum absolute atomic E-state index is 0.272. The van der Waals surface area contributed by atoms with Crippen LogP contribution in [-0.4, -0.2) is 36.4 Å². The van der Waals surface area contributed by atoms with E-state index in [0.717, 1.165) is 43.1 Å². The molecule has 1 heterocycles. The largest absolute Gasteiger partial charge is 0.454 e. The van der Waals surface area contributed by atoms with Crippen LogP contribution in [0.25, 0.3) is 0 Å². The number of fused-ring (bicyclic) bond motifs is 1. The molecule has 0 bridgehead atoms. The van der Waals surface area contributed by atoms with Crippen LogP contribution in [0, 0.1) is 0 Å². The second kappa shape index (κ2) is 6.07. The third kappa shape index (κ3) is 2.94. The Balaban J connectivity index is 1.94. The summed E-state index contributed by atoms with van der Waals surface area (Å²) in [6.07, 6.45) is 0.293. The van der Waals surface area contributed by atoms with Gasteiger partial charge in [-0.15, -0.1) is 0 Å². The van der Waals surface area contributed by atoms with Gasteiger partial charge in [0.1, 0.15) is 0 Å². The molecule has 0 aliphatic carbocycles. The summed E-state index contributed by atoms with van der Waals surface area (Å²) in [5, 5.41) is 10.2. The van der Waals surface area contributed by atoms with E-state index < -0.39 is 6.10 Å².